The lowest BCUT2D eigenvalue weighted by molar-refractivity contribution is -0.217. The highest BCUT2D eigenvalue weighted by molar-refractivity contribution is 6.18. The van der Waals surface area contributed by atoms with E-state index in [4.69, 9.17) is 8.85 Å². The van der Waals surface area contributed by atoms with Gasteiger partial charge in [-0.25, -0.2) is 0 Å². The third-order valence-electron chi connectivity index (χ3n) is 5.83. The van der Waals surface area contributed by atoms with Gasteiger partial charge in [-0.2, -0.15) is 0 Å². The minimum Gasteiger partial charge on any atom is -0.394 e. The van der Waals surface area contributed by atoms with Crippen LogP contribution in [0.25, 0.3) is 0 Å². The van der Waals surface area contributed by atoms with Crippen LogP contribution in [0.4, 0.5) is 0 Å². The molecule has 3 aromatic rings. The molecule has 1 fully saturated rings. The van der Waals surface area contributed by atoms with Crippen LogP contribution in [-0.4, -0.2) is 67.5 Å². The van der Waals surface area contributed by atoms with Crippen molar-refractivity contribution in [2.45, 2.75) is 23.1 Å². The maximum atomic E-state index is 13.9. The van der Waals surface area contributed by atoms with Crippen molar-refractivity contribution in [2.24, 2.45) is 0 Å². The van der Waals surface area contributed by atoms with E-state index in [1.165, 1.54) is 48.5 Å². The van der Waals surface area contributed by atoms with E-state index in [1.54, 1.807) is 0 Å². The van der Waals surface area contributed by atoms with Crippen molar-refractivity contribution in [2.75, 3.05) is 6.61 Å². The average molecular weight is 465 g/mol. The molecular formula is C26H22O8. The van der Waals surface area contributed by atoms with Crippen LogP contribution in [0.2, 0.25) is 0 Å². The van der Waals surface area contributed by atoms with E-state index in [0.717, 1.165) is 24.3 Å². The number of hydrogen-bond acceptors (Lipinski definition) is 8. The summed E-state index contributed by atoms with van der Waals surface area (Å²) in [5.74, 6) is -8.35. The molecule has 4 N–H and O–H groups in total. The molecular weight excluding hydrogens is 440 g/mol. The number of Topliss-reactive ketones (excluding diaryl/α,β-unsaturated/α-hetero) is 3. The number of carbonyl (C=O) groups is 3. The van der Waals surface area contributed by atoms with E-state index in [9.17, 15) is 34.8 Å². The van der Waals surface area contributed by atoms with Crippen molar-refractivity contribution in [1.82, 2.24) is 0 Å². The molecule has 1 unspecified atom stereocenters. The molecule has 3 aromatic carbocycles. The van der Waals surface area contributed by atoms with Gasteiger partial charge in [-0.3, -0.25) is 14.4 Å². The standard InChI is InChI=1S/C26H22O8/c27-16-20-24(31,21(28)17-10-4-1-5-11-17)25(32,22(29)18-12-6-2-7-13-18)26(33,34-20)23(30)19-14-8-3-9-15-19/h1-15,20,27,31-33H,16H2/t20-,24+,25-,26?/m1/s1/i10D,12D,14D. The lowest BCUT2D eigenvalue weighted by atomic mass is 9.67. The third kappa shape index (κ3) is 3.24. The number of hydrogen-bond donors (Lipinski definition) is 4. The quantitative estimate of drug-likeness (QED) is 0.381. The van der Waals surface area contributed by atoms with Gasteiger partial charge in [-0.05, 0) is 0 Å². The Hall–Kier alpha value is -3.53. The number of aliphatic hydroxyl groups excluding tert-OH is 1. The highest BCUT2D eigenvalue weighted by Gasteiger charge is 2.81. The zero-order chi connectivity index (χ0) is 27.2. The maximum absolute atomic E-state index is 13.9. The molecule has 34 heavy (non-hydrogen) atoms. The van der Waals surface area contributed by atoms with E-state index in [-0.39, 0.29) is 0 Å². The van der Waals surface area contributed by atoms with E-state index in [1.807, 2.05) is 0 Å². The van der Waals surface area contributed by atoms with Crippen molar-refractivity contribution in [3.05, 3.63) is 108 Å². The fourth-order valence-corrected chi connectivity index (χ4v) is 4.08. The van der Waals surface area contributed by atoms with Gasteiger partial charge in [-0.15, -0.1) is 0 Å². The number of carbonyl (C=O) groups excluding carboxylic acids is 3. The average Bonchev–Trinajstić information content (AvgIpc) is 3.08. The fourth-order valence-electron chi connectivity index (χ4n) is 4.08. The molecule has 0 amide bonds. The first-order chi connectivity index (χ1) is 17.4. The Balaban J connectivity index is 2.04. The van der Waals surface area contributed by atoms with Crippen LogP contribution < -0.4 is 0 Å². The number of benzene rings is 3. The van der Waals surface area contributed by atoms with E-state index < -0.39 is 81.9 Å². The van der Waals surface area contributed by atoms with Crippen molar-refractivity contribution in [3.63, 3.8) is 0 Å². The Kier molecular flexibility index (Phi) is 5.08. The molecule has 1 saturated heterocycles. The van der Waals surface area contributed by atoms with E-state index in [0.29, 0.717) is 0 Å². The Labute approximate surface area is 198 Å². The molecule has 0 aromatic heterocycles. The summed E-state index contributed by atoms with van der Waals surface area (Å²) in [5.41, 5.74) is -8.95. The number of rotatable bonds is 7. The van der Waals surface area contributed by atoms with Crippen LogP contribution in [-0.2, 0) is 4.74 Å². The highest BCUT2D eigenvalue weighted by atomic mass is 16.7. The van der Waals surface area contributed by atoms with Crippen molar-refractivity contribution in [1.29, 1.82) is 0 Å². The van der Waals surface area contributed by atoms with Crippen LogP contribution in [0.15, 0.2) is 90.9 Å². The van der Waals surface area contributed by atoms with Gasteiger partial charge >= 0.3 is 0 Å². The minimum atomic E-state index is -3.83. The van der Waals surface area contributed by atoms with Gasteiger partial charge < -0.3 is 25.2 Å². The minimum absolute atomic E-state index is 0.424. The molecule has 1 aliphatic rings. The second-order valence-electron chi connectivity index (χ2n) is 7.73. The van der Waals surface area contributed by atoms with Gasteiger partial charge in [0.2, 0.25) is 23.0 Å². The Bertz CT molecular complexity index is 1410. The van der Waals surface area contributed by atoms with Gasteiger partial charge in [0.25, 0.3) is 5.79 Å². The molecule has 0 bridgehead atoms. The zero-order valence-corrected chi connectivity index (χ0v) is 17.6. The third-order valence-corrected chi connectivity index (χ3v) is 5.83. The van der Waals surface area contributed by atoms with Crippen LogP contribution in [0.5, 0.6) is 0 Å². The lowest BCUT2D eigenvalue weighted by Gasteiger charge is -2.40. The molecule has 4 rings (SSSR count). The highest BCUT2D eigenvalue weighted by Crippen LogP contribution is 2.50. The first-order valence-electron chi connectivity index (χ1n) is 11.7. The van der Waals surface area contributed by atoms with Crippen LogP contribution in [0, 0.1) is 0 Å². The van der Waals surface area contributed by atoms with E-state index in [2.05, 4.69) is 0 Å². The smallest absolute Gasteiger partial charge is 0.272 e. The topological polar surface area (TPSA) is 141 Å². The normalized spacial score (nSPS) is 29.6. The van der Waals surface area contributed by atoms with Crippen LogP contribution in [0.3, 0.4) is 0 Å². The fraction of sp³-hybridized carbons (Fsp3) is 0.192. The largest absolute Gasteiger partial charge is 0.394 e. The first-order valence-corrected chi connectivity index (χ1v) is 10.2. The summed E-state index contributed by atoms with van der Waals surface area (Å²) in [4.78, 5) is 41.2. The van der Waals surface area contributed by atoms with Crippen molar-refractivity contribution >= 4 is 17.3 Å². The van der Waals surface area contributed by atoms with Gasteiger partial charge in [0.05, 0.1) is 10.7 Å². The molecule has 8 heteroatoms. The Morgan fingerprint density at radius 1 is 0.735 bits per heavy atom. The van der Waals surface area contributed by atoms with E-state index >= 15 is 0 Å². The second-order valence-corrected chi connectivity index (χ2v) is 7.73. The lowest BCUT2D eigenvalue weighted by Crippen LogP contribution is -2.73. The maximum Gasteiger partial charge on any atom is 0.272 e. The Morgan fingerprint density at radius 3 is 1.62 bits per heavy atom. The first kappa shape index (κ1) is 19.9. The molecule has 4 atom stereocenters. The van der Waals surface area contributed by atoms with Crippen LogP contribution >= 0.6 is 0 Å². The van der Waals surface area contributed by atoms with Crippen molar-refractivity contribution in [3.8, 4) is 0 Å². The van der Waals surface area contributed by atoms with Crippen LogP contribution in [0.1, 0.15) is 35.2 Å². The zero-order valence-electron chi connectivity index (χ0n) is 20.6. The summed E-state index contributed by atoms with van der Waals surface area (Å²) in [6.07, 6.45) is -2.24. The summed E-state index contributed by atoms with van der Waals surface area (Å²) in [6.45, 7) is -1.25. The summed E-state index contributed by atoms with van der Waals surface area (Å²) < 4.78 is 29.5. The van der Waals surface area contributed by atoms with Gasteiger partial charge in [0, 0.05) is 16.7 Å². The molecule has 1 aliphatic heterocycles. The number of ketones is 3. The van der Waals surface area contributed by atoms with Gasteiger partial charge in [0.15, 0.2) is 5.60 Å². The predicted molar refractivity (Wildman–Crippen MR) is 119 cm³/mol. The molecule has 0 aliphatic carbocycles. The van der Waals surface area contributed by atoms with Crippen molar-refractivity contribution < 1.29 is 43.7 Å². The second kappa shape index (κ2) is 8.68. The summed E-state index contributed by atoms with van der Waals surface area (Å²) in [7, 11) is 0. The molecule has 0 saturated carbocycles. The van der Waals surface area contributed by atoms with Gasteiger partial charge in [-0.1, -0.05) is 90.9 Å². The molecule has 174 valence electrons. The Morgan fingerprint density at radius 2 is 1.18 bits per heavy atom. The molecule has 0 spiro atoms. The molecule has 8 nitrogen and oxygen atoms in total. The number of aliphatic hydroxyl groups is 4. The molecule has 0 radical (unpaired) electrons. The monoisotopic (exact) mass is 465 g/mol. The number of ether oxygens (including phenoxy) is 1. The molecule has 1 heterocycles. The predicted octanol–water partition coefficient (Wildman–Crippen LogP) is 1.18. The summed E-state index contributed by atoms with van der Waals surface area (Å²) in [5, 5.41) is 45.5. The SMILES string of the molecule is [2H]c1ccccc1C(=O)C1(O)O[C@H](CO)[C@](O)(C(=O)c2ccccc2[2H])[C@]1(O)C(=O)c1ccccc1[2H]. The van der Waals surface area contributed by atoms with Gasteiger partial charge in [0.1, 0.15) is 6.10 Å². The summed E-state index contributed by atoms with van der Waals surface area (Å²) in [6, 6.07) is 13.7. The summed E-state index contributed by atoms with van der Waals surface area (Å²) >= 11 is 0.